The van der Waals surface area contributed by atoms with Crippen LogP contribution in [-0.2, 0) is 6.42 Å². The van der Waals surface area contributed by atoms with Gasteiger partial charge in [-0.1, -0.05) is 0 Å². The van der Waals surface area contributed by atoms with Gasteiger partial charge in [0.15, 0.2) is 22.5 Å². The number of rotatable bonds is 5. The van der Waals surface area contributed by atoms with Gasteiger partial charge in [0.1, 0.15) is 11.3 Å². The van der Waals surface area contributed by atoms with E-state index in [0.717, 1.165) is 34.1 Å². The molecule has 0 fully saturated rings. The first kappa shape index (κ1) is 14.9. The Balaban J connectivity index is 2.00. The van der Waals surface area contributed by atoms with Crippen LogP contribution in [0, 0.1) is 0 Å². The predicted molar refractivity (Wildman–Crippen MR) is 92.0 cm³/mol. The molecule has 5 heteroatoms. The van der Waals surface area contributed by atoms with Crippen LogP contribution in [0.2, 0.25) is 0 Å². The average Bonchev–Trinajstić information content (AvgIpc) is 3.15. The summed E-state index contributed by atoms with van der Waals surface area (Å²) in [4.78, 5) is 0. The van der Waals surface area contributed by atoms with Crippen LogP contribution < -0.4 is 9.47 Å². The minimum absolute atomic E-state index is 0.158. The number of ether oxygens (including phenoxy) is 2. The smallest absolute Gasteiger partial charge is 0.182 e. The summed E-state index contributed by atoms with van der Waals surface area (Å²) < 4.78 is 22.8. The van der Waals surface area contributed by atoms with Crippen molar-refractivity contribution in [2.24, 2.45) is 0 Å². The van der Waals surface area contributed by atoms with Crippen molar-refractivity contribution < 1.29 is 23.4 Å². The lowest BCUT2D eigenvalue weighted by Gasteiger charge is -2.05. The molecule has 0 aliphatic heterocycles. The minimum atomic E-state index is 0.158. The summed E-state index contributed by atoms with van der Waals surface area (Å²) in [5.41, 5.74) is 3.90. The molecule has 0 atom stereocenters. The number of furan rings is 2. The van der Waals surface area contributed by atoms with Gasteiger partial charge in [-0.15, -0.1) is 0 Å². The second-order valence-electron chi connectivity index (χ2n) is 5.73. The summed E-state index contributed by atoms with van der Waals surface area (Å²) in [6.07, 6.45) is 1.47. The number of hydrogen-bond donors (Lipinski definition) is 1. The zero-order valence-corrected chi connectivity index (χ0v) is 13.6. The van der Waals surface area contributed by atoms with E-state index in [0.29, 0.717) is 28.9 Å². The summed E-state index contributed by atoms with van der Waals surface area (Å²) in [5, 5.41) is 10.8. The van der Waals surface area contributed by atoms with Crippen LogP contribution in [-0.4, -0.2) is 25.9 Å². The fourth-order valence-electron chi connectivity index (χ4n) is 3.07. The second kappa shape index (κ2) is 5.76. The first-order valence-corrected chi connectivity index (χ1v) is 7.85. The van der Waals surface area contributed by atoms with E-state index in [1.807, 2.05) is 30.3 Å². The highest BCUT2D eigenvalue weighted by Gasteiger charge is 2.19. The Morgan fingerprint density at radius 1 is 0.917 bits per heavy atom. The van der Waals surface area contributed by atoms with Crippen molar-refractivity contribution in [3.05, 3.63) is 35.9 Å². The van der Waals surface area contributed by atoms with Crippen LogP contribution in [0.1, 0.15) is 12.0 Å². The van der Waals surface area contributed by atoms with Crippen LogP contribution in [0.15, 0.2) is 39.2 Å². The van der Waals surface area contributed by atoms with Crippen molar-refractivity contribution in [1.29, 1.82) is 0 Å². The monoisotopic (exact) mass is 326 g/mol. The van der Waals surface area contributed by atoms with Gasteiger partial charge in [0.05, 0.1) is 25.0 Å². The van der Waals surface area contributed by atoms with Gasteiger partial charge in [0.2, 0.25) is 0 Å². The van der Waals surface area contributed by atoms with E-state index in [1.54, 1.807) is 14.2 Å². The molecule has 2 aromatic carbocycles. The molecule has 0 radical (unpaired) electrons. The fraction of sp³-hybridized carbons (Fsp3) is 0.263. The lowest BCUT2D eigenvalue weighted by Crippen LogP contribution is -1.91. The molecule has 2 aromatic heterocycles. The van der Waals surface area contributed by atoms with E-state index in [-0.39, 0.29) is 6.61 Å². The molecule has 124 valence electrons. The van der Waals surface area contributed by atoms with E-state index in [4.69, 9.17) is 23.4 Å². The Kier molecular flexibility index (Phi) is 3.58. The molecule has 0 unspecified atom stereocenters. The van der Waals surface area contributed by atoms with Gasteiger partial charge in [-0.2, -0.15) is 0 Å². The van der Waals surface area contributed by atoms with Crippen LogP contribution >= 0.6 is 0 Å². The van der Waals surface area contributed by atoms with Crippen LogP contribution in [0.4, 0.5) is 0 Å². The Hall–Kier alpha value is -2.66. The molecule has 4 aromatic rings. The molecule has 0 bridgehead atoms. The van der Waals surface area contributed by atoms with E-state index in [9.17, 15) is 0 Å². The second-order valence-corrected chi connectivity index (χ2v) is 5.73. The Morgan fingerprint density at radius 2 is 1.75 bits per heavy atom. The zero-order chi connectivity index (χ0) is 16.7. The normalized spacial score (nSPS) is 11.6. The summed E-state index contributed by atoms with van der Waals surface area (Å²) >= 11 is 0. The van der Waals surface area contributed by atoms with Gasteiger partial charge >= 0.3 is 0 Å². The lowest BCUT2D eigenvalue weighted by atomic mass is 10.1. The van der Waals surface area contributed by atoms with Gasteiger partial charge < -0.3 is 23.4 Å². The van der Waals surface area contributed by atoms with Crippen molar-refractivity contribution in [2.75, 3.05) is 20.8 Å². The van der Waals surface area contributed by atoms with E-state index in [1.165, 1.54) is 0 Å². The van der Waals surface area contributed by atoms with Gasteiger partial charge in [-0.05, 0) is 48.7 Å². The van der Waals surface area contributed by atoms with Gasteiger partial charge in [0.25, 0.3) is 0 Å². The third kappa shape index (κ3) is 2.20. The highest BCUT2D eigenvalue weighted by Crippen LogP contribution is 2.41. The van der Waals surface area contributed by atoms with Crippen molar-refractivity contribution >= 4 is 33.1 Å². The lowest BCUT2D eigenvalue weighted by molar-refractivity contribution is 0.288. The summed E-state index contributed by atoms with van der Waals surface area (Å²) in [6, 6.07) is 9.63. The molecule has 2 heterocycles. The first-order valence-electron chi connectivity index (χ1n) is 7.85. The zero-order valence-electron chi connectivity index (χ0n) is 13.6. The molecule has 0 aliphatic rings. The molecular formula is C19H18O5. The molecule has 0 aliphatic carbocycles. The fourth-order valence-corrected chi connectivity index (χ4v) is 3.07. The number of aliphatic hydroxyl groups excluding tert-OH is 1. The van der Waals surface area contributed by atoms with Crippen LogP contribution in [0.25, 0.3) is 33.1 Å². The predicted octanol–water partition coefficient (Wildman–Crippen LogP) is 4.27. The third-order valence-corrected chi connectivity index (χ3v) is 4.26. The largest absolute Gasteiger partial charge is 0.497 e. The van der Waals surface area contributed by atoms with E-state index in [2.05, 4.69) is 0 Å². The topological polar surface area (TPSA) is 65.0 Å². The maximum absolute atomic E-state index is 9.06. The number of fused-ring (bicyclic) bond motifs is 5. The van der Waals surface area contributed by atoms with Gasteiger partial charge in [-0.3, -0.25) is 0 Å². The molecule has 4 rings (SSSR count). The summed E-state index contributed by atoms with van der Waals surface area (Å²) in [6.45, 7) is 0.158. The van der Waals surface area contributed by atoms with E-state index < -0.39 is 0 Å². The molecule has 5 nitrogen and oxygen atoms in total. The molecular weight excluding hydrogens is 308 g/mol. The molecule has 1 N–H and O–H groups in total. The molecule has 24 heavy (non-hydrogen) atoms. The highest BCUT2D eigenvalue weighted by atomic mass is 16.5. The standard InChI is InChI=1S/C19H18O5/c1-21-12-5-6-15-13(10-12)18-19(23-15)14-8-11(4-3-7-20)9-16(22-2)17(14)24-18/h5-6,8-10,20H,3-4,7H2,1-2H3. The third-order valence-electron chi connectivity index (χ3n) is 4.26. The Morgan fingerprint density at radius 3 is 2.50 bits per heavy atom. The minimum Gasteiger partial charge on any atom is -0.497 e. The maximum atomic E-state index is 9.06. The number of benzene rings is 2. The van der Waals surface area contributed by atoms with Crippen molar-refractivity contribution in [2.45, 2.75) is 12.8 Å². The average molecular weight is 326 g/mol. The van der Waals surface area contributed by atoms with Crippen molar-refractivity contribution in [1.82, 2.24) is 0 Å². The first-order chi connectivity index (χ1) is 11.7. The van der Waals surface area contributed by atoms with Crippen molar-refractivity contribution in [3.8, 4) is 11.5 Å². The Labute approximate surface area is 138 Å². The SMILES string of the molecule is COc1ccc2oc3c4cc(CCCO)cc(OC)c4oc3c2c1. The summed E-state index contributed by atoms with van der Waals surface area (Å²) in [5.74, 6) is 1.42. The molecule has 0 saturated carbocycles. The van der Waals surface area contributed by atoms with Gasteiger partial charge in [0, 0.05) is 6.61 Å². The number of aliphatic hydroxyl groups is 1. The molecule has 0 saturated heterocycles. The molecule has 0 amide bonds. The quantitative estimate of drug-likeness (QED) is 0.593. The summed E-state index contributed by atoms with van der Waals surface area (Å²) in [7, 11) is 3.25. The van der Waals surface area contributed by atoms with Crippen LogP contribution in [0.3, 0.4) is 0 Å². The Bertz CT molecular complexity index is 1020. The maximum Gasteiger partial charge on any atom is 0.182 e. The van der Waals surface area contributed by atoms with Crippen molar-refractivity contribution in [3.63, 3.8) is 0 Å². The molecule has 0 spiro atoms. The van der Waals surface area contributed by atoms with Gasteiger partial charge in [-0.25, -0.2) is 0 Å². The van der Waals surface area contributed by atoms with Crippen LogP contribution in [0.5, 0.6) is 11.5 Å². The number of hydrogen-bond acceptors (Lipinski definition) is 5. The highest BCUT2D eigenvalue weighted by molar-refractivity contribution is 6.14. The number of aryl methyl sites for hydroxylation is 1. The van der Waals surface area contributed by atoms with E-state index >= 15 is 0 Å². The number of methoxy groups -OCH3 is 2.